The molecule has 1 aromatic rings. The molecule has 0 amide bonds. The third kappa shape index (κ3) is 3.27. The van der Waals surface area contributed by atoms with Crippen molar-refractivity contribution >= 4 is 0 Å². The van der Waals surface area contributed by atoms with Gasteiger partial charge >= 0.3 is 0 Å². The highest BCUT2D eigenvalue weighted by Crippen LogP contribution is 2.25. The Balaban J connectivity index is 3.10. The second-order valence-corrected chi connectivity index (χ2v) is 4.73. The summed E-state index contributed by atoms with van der Waals surface area (Å²) in [6.07, 6.45) is 0.950. The third-order valence-electron chi connectivity index (χ3n) is 3.11. The van der Waals surface area contributed by atoms with Crippen LogP contribution < -0.4 is 5.73 Å². The Morgan fingerprint density at radius 3 is 2.44 bits per heavy atom. The molecule has 18 heavy (non-hydrogen) atoms. The van der Waals surface area contributed by atoms with Gasteiger partial charge in [-0.15, -0.1) is 0 Å². The number of benzene rings is 1. The van der Waals surface area contributed by atoms with Crippen molar-refractivity contribution in [1.82, 2.24) is 4.90 Å². The van der Waals surface area contributed by atoms with Crippen molar-refractivity contribution in [1.29, 1.82) is 0 Å². The molecule has 4 heteroatoms. The van der Waals surface area contributed by atoms with Crippen molar-refractivity contribution in [2.45, 2.75) is 39.3 Å². The Hall–Kier alpha value is -1.00. The minimum Gasteiger partial charge on any atom is -0.329 e. The van der Waals surface area contributed by atoms with E-state index < -0.39 is 11.6 Å². The van der Waals surface area contributed by atoms with Crippen molar-refractivity contribution in [2.75, 3.05) is 13.1 Å². The Kier molecular flexibility index (Phi) is 5.69. The van der Waals surface area contributed by atoms with E-state index in [1.807, 2.05) is 13.8 Å². The van der Waals surface area contributed by atoms with Crippen LogP contribution in [0.5, 0.6) is 0 Å². The normalized spacial score (nSPS) is 13.3. The van der Waals surface area contributed by atoms with Gasteiger partial charge < -0.3 is 5.73 Å². The lowest BCUT2D eigenvalue weighted by atomic mass is 10.0. The van der Waals surface area contributed by atoms with Crippen LogP contribution in [0.4, 0.5) is 8.78 Å². The molecular weight excluding hydrogens is 234 g/mol. The number of nitrogens with zero attached hydrogens (tertiary/aromatic N) is 1. The quantitative estimate of drug-likeness (QED) is 0.847. The van der Waals surface area contributed by atoms with Crippen molar-refractivity contribution < 1.29 is 8.78 Å². The van der Waals surface area contributed by atoms with E-state index in [0.717, 1.165) is 19.0 Å². The highest BCUT2D eigenvalue weighted by Gasteiger charge is 2.24. The van der Waals surface area contributed by atoms with Gasteiger partial charge in [0, 0.05) is 18.2 Å². The van der Waals surface area contributed by atoms with Gasteiger partial charge in [0.05, 0.1) is 6.04 Å². The Labute approximate surface area is 108 Å². The molecule has 1 aromatic carbocycles. The summed E-state index contributed by atoms with van der Waals surface area (Å²) in [6.45, 7) is 7.23. The average molecular weight is 256 g/mol. The van der Waals surface area contributed by atoms with E-state index in [0.29, 0.717) is 5.56 Å². The molecule has 0 heterocycles. The summed E-state index contributed by atoms with van der Waals surface area (Å²) >= 11 is 0. The van der Waals surface area contributed by atoms with Gasteiger partial charge in [-0.25, -0.2) is 8.78 Å². The van der Waals surface area contributed by atoms with Gasteiger partial charge in [0.25, 0.3) is 0 Å². The third-order valence-corrected chi connectivity index (χ3v) is 3.11. The molecule has 2 N–H and O–H groups in total. The average Bonchev–Trinajstić information content (AvgIpc) is 2.33. The summed E-state index contributed by atoms with van der Waals surface area (Å²) in [7, 11) is 0. The van der Waals surface area contributed by atoms with E-state index in [4.69, 9.17) is 5.73 Å². The van der Waals surface area contributed by atoms with Gasteiger partial charge in [-0.2, -0.15) is 0 Å². The first kappa shape index (κ1) is 15.1. The predicted molar refractivity (Wildman–Crippen MR) is 70.3 cm³/mol. The SMILES string of the molecule is CCCN(C(C)C)C(CN)c1cccc(F)c1F. The Morgan fingerprint density at radius 1 is 1.28 bits per heavy atom. The topological polar surface area (TPSA) is 29.3 Å². The van der Waals surface area contributed by atoms with Crippen LogP contribution in [-0.2, 0) is 0 Å². The van der Waals surface area contributed by atoms with Gasteiger partial charge in [0.1, 0.15) is 0 Å². The van der Waals surface area contributed by atoms with Crippen LogP contribution in [0.2, 0.25) is 0 Å². The number of rotatable bonds is 6. The van der Waals surface area contributed by atoms with Gasteiger partial charge in [-0.3, -0.25) is 4.90 Å². The van der Waals surface area contributed by atoms with Gasteiger partial charge in [-0.1, -0.05) is 19.1 Å². The van der Waals surface area contributed by atoms with Gasteiger partial charge in [0.2, 0.25) is 0 Å². The summed E-state index contributed by atoms with van der Waals surface area (Å²) in [5.41, 5.74) is 6.11. The van der Waals surface area contributed by atoms with E-state index in [1.165, 1.54) is 6.07 Å². The lowest BCUT2D eigenvalue weighted by Gasteiger charge is -2.34. The number of hydrogen-bond acceptors (Lipinski definition) is 2. The Morgan fingerprint density at radius 2 is 1.94 bits per heavy atom. The van der Waals surface area contributed by atoms with E-state index in [2.05, 4.69) is 11.8 Å². The monoisotopic (exact) mass is 256 g/mol. The molecule has 0 aliphatic heterocycles. The molecule has 0 saturated heterocycles. The highest BCUT2D eigenvalue weighted by atomic mass is 19.2. The Bertz CT molecular complexity index is 380. The van der Waals surface area contributed by atoms with E-state index >= 15 is 0 Å². The summed E-state index contributed by atoms with van der Waals surface area (Å²) in [5, 5.41) is 0. The standard InChI is InChI=1S/C14H22F2N2/c1-4-8-18(10(2)3)13(9-17)11-6-5-7-12(15)14(11)16/h5-7,10,13H,4,8-9,17H2,1-3H3. The van der Waals surface area contributed by atoms with Crippen LogP contribution in [0.3, 0.4) is 0 Å². The minimum absolute atomic E-state index is 0.237. The molecule has 1 rings (SSSR count). The zero-order chi connectivity index (χ0) is 13.7. The maximum atomic E-state index is 13.8. The highest BCUT2D eigenvalue weighted by molar-refractivity contribution is 5.23. The van der Waals surface area contributed by atoms with E-state index in [-0.39, 0.29) is 18.6 Å². The molecule has 0 bridgehead atoms. The summed E-state index contributed by atoms with van der Waals surface area (Å²) in [4.78, 5) is 2.11. The van der Waals surface area contributed by atoms with Crippen LogP contribution >= 0.6 is 0 Å². The van der Waals surface area contributed by atoms with Crippen molar-refractivity contribution in [3.63, 3.8) is 0 Å². The molecule has 0 aromatic heterocycles. The van der Waals surface area contributed by atoms with Crippen LogP contribution in [0.1, 0.15) is 38.8 Å². The minimum atomic E-state index is -0.814. The first-order valence-electron chi connectivity index (χ1n) is 6.42. The smallest absolute Gasteiger partial charge is 0.163 e. The second-order valence-electron chi connectivity index (χ2n) is 4.73. The molecule has 1 atom stereocenters. The fraction of sp³-hybridized carbons (Fsp3) is 0.571. The molecule has 0 spiro atoms. The predicted octanol–water partition coefficient (Wildman–Crippen LogP) is 3.09. The van der Waals surface area contributed by atoms with Crippen LogP contribution in [-0.4, -0.2) is 24.0 Å². The van der Waals surface area contributed by atoms with Crippen molar-refractivity contribution in [3.05, 3.63) is 35.4 Å². The van der Waals surface area contributed by atoms with E-state index in [1.54, 1.807) is 6.07 Å². The first-order valence-corrected chi connectivity index (χ1v) is 6.42. The zero-order valence-electron chi connectivity index (χ0n) is 11.3. The summed E-state index contributed by atoms with van der Waals surface area (Å²) < 4.78 is 27.1. The summed E-state index contributed by atoms with van der Waals surface area (Å²) in [6, 6.07) is 4.23. The van der Waals surface area contributed by atoms with Gasteiger partial charge in [0.15, 0.2) is 11.6 Å². The fourth-order valence-corrected chi connectivity index (χ4v) is 2.25. The molecule has 102 valence electrons. The first-order chi connectivity index (χ1) is 8.52. The maximum absolute atomic E-state index is 13.8. The van der Waals surface area contributed by atoms with Crippen molar-refractivity contribution in [3.8, 4) is 0 Å². The van der Waals surface area contributed by atoms with Gasteiger partial charge in [-0.05, 0) is 32.9 Å². The molecule has 0 radical (unpaired) electrons. The molecular formula is C14H22F2N2. The van der Waals surface area contributed by atoms with E-state index in [9.17, 15) is 8.78 Å². The van der Waals surface area contributed by atoms with Crippen LogP contribution in [0.25, 0.3) is 0 Å². The lowest BCUT2D eigenvalue weighted by molar-refractivity contribution is 0.153. The molecule has 0 aliphatic rings. The van der Waals surface area contributed by atoms with Crippen LogP contribution in [0.15, 0.2) is 18.2 Å². The fourth-order valence-electron chi connectivity index (χ4n) is 2.25. The molecule has 1 unspecified atom stereocenters. The van der Waals surface area contributed by atoms with Crippen molar-refractivity contribution in [2.24, 2.45) is 5.73 Å². The molecule has 2 nitrogen and oxygen atoms in total. The molecule has 0 saturated carbocycles. The maximum Gasteiger partial charge on any atom is 0.163 e. The largest absolute Gasteiger partial charge is 0.329 e. The number of hydrogen-bond donors (Lipinski definition) is 1. The lowest BCUT2D eigenvalue weighted by Crippen LogP contribution is -2.39. The number of halogens is 2. The second kappa shape index (κ2) is 6.81. The number of nitrogens with two attached hydrogens (primary N) is 1. The summed E-state index contributed by atoms with van der Waals surface area (Å²) in [5.74, 6) is -1.60. The van der Waals surface area contributed by atoms with Crippen LogP contribution in [0, 0.1) is 11.6 Å². The zero-order valence-corrected chi connectivity index (χ0v) is 11.3. The molecule has 0 aliphatic carbocycles. The molecule has 0 fully saturated rings.